The topological polar surface area (TPSA) is 87.4 Å². The highest BCUT2D eigenvalue weighted by Gasteiger charge is 2.26. The molecule has 1 fully saturated rings. The minimum absolute atomic E-state index is 0.0557. The van der Waals surface area contributed by atoms with E-state index in [4.69, 9.17) is 0 Å². The van der Waals surface area contributed by atoms with E-state index in [9.17, 15) is 10.1 Å². The summed E-state index contributed by atoms with van der Waals surface area (Å²) in [6, 6.07) is 0.409. The van der Waals surface area contributed by atoms with Crippen LogP contribution in [0.4, 0.5) is 17.5 Å². The van der Waals surface area contributed by atoms with Crippen LogP contribution in [0.3, 0.4) is 0 Å². The van der Waals surface area contributed by atoms with Crippen molar-refractivity contribution < 1.29 is 4.92 Å². The van der Waals surface area contributed by atoms with Crippen molar-refractivity contribution in [3.8, 4) is 0 Å². The highest BCUT2D eigenvalue weighted by molar-refractivity contribution is 5.58. The van der Waals surface area contributed by atoms with Gasteiger partial charge in [0.25, 0.3) is 0 Å². The molecule has 0 radical (unpaired) electrons. The van der Waals surface area contributed by atoms with Gasteiger partial charge < -0.3 is 15.1 Å². The van der Waals surface area contributed by atoms with E-state index in [1.54, 1.807) is 0 Å². The van der Waals surface area contributed by atoms with E-state index in [2.05, 4.69) is 27.2 Å². The minimum Gasteiger partial charge on any atom is -0.354 e. The minimum atomic E-state index is -0.431. The van der Waals surface area contributed by atoms with Crippen LogP contribution in [0, 0.1) is 10.1 Å². The third-order valence-electron chi connectivity index (χ3n) is 3.80. The third-order valence-corrected chi connectivity index (χ3v) is 3.80. The lowest BCUT2D eigenvalue weighted by atomic mass is 10.2. The fourth-order valence-electron chi connectivity index (χ4n) is 2.63. The Hall–Kier alpha value is -1.96. The summed E-state index contributed by atoms with van der Waals surface area (Å²) in [6.07, 6.45) is 3.55. The van der Waals surface area contributed by atoms with Crippen LogP contribution in [0.25, 0.3) is 0 Å². The monoisotopic (exact) mass is 294 g/mol. The summed E-state index contributed by atoms with van der Waals surface area (Å²) in [4.78, 5) is 23.1. The summed E-state index contributed by atoms with van der Waals surface area (Å²) in [5, 5.41) is 14.2. The summed E-state index contributed by atoms with van der Waals surface area (Å²) in [5.74, 6) is 0.788. The Morgan fingerprint density at radius 1 is 1.62 bits per heavy atom. The Bertz CT molecular complexity index is 509. The van der Waals surface area contributed by atoms with Gasteiger partial charge in [-0.2, -0.15) is 4.98 Å². The summed E-state index contributed by atoms with van der Waals surface area (Å²) >= 11 is 0. The Morgan fingerprint density at radius 3 is 2.95 bits per heavy atom. The summed E-state index contributed by atoms with van der Waals surface area (Å²) < 4.78 is 0. The van der Waals surface area contributed by atoms with E-state index in [0.29, 0.717) is 24.4 Å². The molecule has 1 saturated heterocycles. The summed E-state index contributed by atoms with van der Waals surface area (Å²) in [6.45, 7) is 4.40. The van der Waals surface area contributed by atoms with Crippen LogP contribution in [0.2, 0.25) is 0 Å². The number of aromatic nitrogens is 2. The number of likely N-dealkylation sites (tertiary alicyclic amines) is 1. The fourth-order valence-corrected chi connectivity index (χ4v) is 2.63. The molecule has 2 rings (SSSR count). The molecule has 1 unspecified atom stereocenters. The molecule has 0 saturated carbocycles. The molecule has 116 valence electrons. The lowest BCUT2D eigenvalue weighted by molar-refractivity contribution is -0.384. The van der Waals surface area contributed by atoms with Crippen LogP contribution in [0.1, 0.15) is 19.8 Å². The van der Waals surface area contributed by atoms with Gasteiger partial charge in [-0.15, -0.1) is 0 Å². The van der Waals surface area contributed by atoms with Crippen LogP contribution in [0.15, 0.2) is 6.20 Å². The van der Waals surface area contributed by atoms with E-state index in [-0.39, 0.29) is 5.69 Å². The average molecular weight is 294 g/mol. The van der Waals surface area contributed by atoms with Gasteiger partial charge >= 0.3 is 5.69 Å². The second-order valence-corrected chi connectivity index (χ2v) is 5.35. The van der Waals surface area contributed by atoms with Gasteiger partial charge in [0.2, 0.25) is 11.8 Å². The van der Waals surface area contributed by atoms with Crippen LogP contribution in [0.5, 0.6) is 0 Å². The van der Waals surface area contributed by atoms with Crippen molar-refractivity contribution in [1.29, 1.82) is 0 Å². The third kappa shape index (κ3) is 3.57. The number of anilines is 2. The predicted octanol–water partition coefficient (Wildman–Crippen LogP) is 1.35. The quantitative estimate of drug-likeness (QED) is 0.626. The standard InChI is InChI=1S/C13H22N6O2/c1-4-14-13-15-8-11(19(20)21)12(16-13)18(3)9-10-6-5-7-17(10)2/h8,10H,4-7,9H2,1-3H3,(H,14,15,16). The smallest absolute Gasteiger partial charge is 0.329 e. The highest BCUT2D eigenvalue weighted by Crippen LogP contribution is 2.26. The molecule has 0 amide bonds. The number of nitro groups is 1. The summed E-state index contributed by atoms with van der Waals surface area (Å²) in [5.41, 5.74) is -0.0557. The molecular weight excluding hydrogens is 272 g/mol. The van der Waals surface area contributed by atoms with Crippen LogP contribution >= 0.6 is 0 Å². The molecule has 21 heavy (non-hydrogen) atoms. The number of likely N-dealkylation sites (N-methyl/N-ethyl adjacent to an activating group) is 2. The van der Waals surface area contributed by atoms with Crippen LogP contribution < -0.4 is 10.2 Å². The SMILES string of the molecule is CCNc1ncc([N+](=O)[O-])c(N(C)CC2CCCN2C)n1. The van der Waals surface area contributed by atoms with Crippen LogP contribution in [-0.2, 0) is 0 Å². The maximum atomic E-state index is 11.2. The molecule has 0 aliphatic carbocycles. The molecule has 8 heteroatoms. The molecule has 2 heterocycles. The van der Waals surface area contributed by atoms with Crippen molar-refractivity contribution in [2.75, 3.05) is 43.9 Å². The number of nitrogens with zero attached hydrogens (tertiary/aromatic N) is 5. The predicted molar refractivity (Wildman–Crippen MR) is 81.8 cm³/mol. The summed E-state index contributed by atoms with van der Waals surface area (Å²) in [7, 11) is 3.93. The first-order valence-electron chi connectivity index (χ1n) is 7.19. The van der Waals surface area contributed by atoms with Gasteiger partial charge in [0.15, 0.2) is 0 Å². The van der Waals surface area contributed by atoms with Gasteiger partial charge in [-0.25, -0.2) is 4.98 Å². The molecule has 0 bridgehead atoms. The van der Waals surface area contributed by atoms with Gasteiger partial charge in [0, 0.05) is 26.2 Å². The molecule has 8 nitrogen and oxygen atoms in total. The molecule has 1 aliphatic rings. The van der Waals surface area contributed by atoms with E-state index >= 15 is 0 Å². The van der Waals surface area contributed by atoms with Gasteiger partial charge in [-0.05, 0) is 33.4 Å². The molecule has 0 spiro atoms. The van der Waals surface area contributed by atoms with Crippen molar-refractivity contribution in [1.82, 2.24) is 14.9 Å². The number of hydrogen-bond donors (Lipinski definition) is 1. The van der Waals surface area contributed by atoms with Crippen molar-refractivity contribution in [3.05, 3.63) is 16.3 Å². The maximum absolute atomic E-state index is 11.2. The second kappa shape index (κ2) is 6.66. The number of hydrogen-bond acceptors (Lipinski definition) is 7. The Balaban J connectivity index is 2.22. The molecule has 1 atom stereocenters. The van der Waals surface area contributed by atoms with Gasteiger partial charge in [0.05, 0.1) is 4.92 Å². The molecular formula is C13H22N6O2. The molecule has 1 aliphatic heterocycles. The largest absolute Gasteiger partial charge is 0.354 e. The van der Waals surface area contributed by atoms with E-state index in [0.717, 1.165) is 19.5 Å². The first-order valence-corrected chi connectivity index (χ1v) is 7.19. The number of rotatable bonds is 6. The zero-order chi connectivity index (χ0) is 15.4. The van der Waals surface area contributed by atoms with Crippen molar-refractivity contribution in [3.63, 3.8) is 0 Å². The zero-order valence-corrected chi connectivity index (χ0v) is 12.7. The fraction of sp³-hybridized carbons (Fsp3) is 0.692. The molecule has 1 N–H and O–H groups in total. The van der Waals surface area contributed by atoms with E-state index in [1.807, 2.05) is 18.9 Å². The molecule has 1 aromatic heterocycles. The average Bonchev–Trinajstić information content (AvgIpc) is 2.84. The van der Waals surface area contributed by atoms with Crippen molar-refractivity contribution in [2.45, 2.75) is 25.8 Å². The Kier molecular flexibility index (Phi) is 4.89. The van der Waals surface area contributed by atoms with E-state index < -0.39 is 4.92 Å². The first-order chi connectivity index (χ1) is 10.0. The van der Waals surface area contributed by atoms with Gasteiger partial charge in [-0.3, -0.25) is 10.1 Å². The second-order valence-electron chi connectivity index (χ2n) is 5.35. The van der Waals surface area contributed by atoms with E-state index in [1.165, 1.54) is 12.6 Å². The number of nitrogens with one attached hydrogen (secondary N) is 1. The lowest BCUT2D eigenvalue weighted by Gasteiger charge is -2.26. The Labute approximate surface area is 124 Å². The molecule has 1 aromatic rings. The van der Waals surface area contributed by atoms with Crippen LogP contribution in [-0.4, -0.2) is 59.6 Å². The zero-order valence-electron chi connectivity index (χ0n) is 12.7. The normalized spacial score (nSPS) is 18.7. The van der Waals surface area contributed by atoms with Crippen molar-refractivity contribution >= 4 is 17.5 Å². The van der Waals surface area contributed by atoms with Gasteiger partial charge in [0.1, 0.15) is 6.20 Å². The highest BCUT2D eigenvalue weighted by atomic mass is 16.6. The first kappa shape index (κ1) is 15.4. The lowest BCUT2D eigenvalue weighted by Crippen LogP contribution is -2.37. The molecule has 0 aromatic carbocycles. The Morgan fingerprint density at radius 2 is 2.38 bits per heavy atom. The van der Waals surface area contributed by atoms with Gasteiger partial charge in [-0.1, -0.05) is 0 Å². The van der Waals surface area contributed by atoms with Crippen molar-refractivity contribution in [2.24, 2.45) is 0 Å². The maximum Gasteiger partial charge on any atom is 0.329 e.